The quantitative estimate of drug-likeness (QED) is 0.510. The first kappa shape index (κ1) is 10.3. The molecule has 0 radical (unpaired) electrons. The summed E-state index contributed by atoms with van der Waals surface area (Å²) in [6, 6.07) is 14.7. The van der Waals surface area contributed by atoms with E-state index in [2.05, 4.69) is 21.0 Å². The van der Waals surface area contributed by atoms with Crippen LogP contribution in [0.2, 0.25) is 0 Å². The number of halogens is 1. The third-order valence-electron chi connectivity index (χ3n) is 2.51. The molecule has 1 heterocycles. The van der Waals surface area contributed by atoms with Crippen molar-refractivity contribution in [2.75, 3.05) is 0 Å². The molecule has 0 amide bonds. The van der Waals surface area contributed by atoms with Gasteiger partial charge in [0.05, 0.1) is 5.10 Å². The Morgan fingerprint density at radius 3 is 2.65 bits per heavy atom. The summed E-state index contributed by atoms with van der Waals surface area (Å²) in [6.07, 6.45) is 0. The lowest BCUT2D eigenvalue weighted by Gasteiger charge is -2.02. The van der Waals surface area contributed by atoms with E-state index in [9.17, 15) is 5.21 Å². The Labute approximate surface area is 106 Å². The average molecular weight is 290 g/mol. The Balaban J connectivity index is 2.28. The minimum atomic E-state index is 0.553. The minimum Gasteiger partial charge on any atom is -0.692 e. The van der Waals surface area contributed by atoms with Crippen LogP contribution in [-0.4, -0.2) is 9.90 Å². The summed E-state index contributed by atoms with van der Waals surface area (Å²) >= 11 is 3.36. The number of fused-ring (bicyclic) bond motifs is 1. The van der Waals surface area contributed by atoms with Crippen LogP contribution < -0.4 is 4.85 Å². The van der Waals surface area contributed by atoms with Gasteiger partial charge < -0.3 is 5.21 Å². The number of nitrogens with zero attached hydrogens (tertiary/aromatic N) is 3. The maximum atomic E-state index is 12.0. The molecular weight excluding hydrogens is 282 g/mol. The molecule has 0 aliphatic rings. The molecule has 17 heavy (non-hydrogen) atoms. The predicted molar refractivity (Wildman–Crippen MR) is 67.7 cm³/mol. The van der Waals surface area contributed by atoms with Crippen LogP contribution in [0.5, 0.6) is 0 Å². The van der Waals surface area contributed by atoms with Gasteiger partial charge in [-0.2, -0.15) is 0 Å². The third-order valence-corrected chi connectivity index (χ3v) is 3.00. The minimum absolute atomic E-state index is 0.553. The molecule has 0 unspecified atom stereocenters. The van der Waals surface area contributed by atoms with Gasteiger partial charge in [0.15, 0.2) is 0 Å². The Morgan fingerprint density at radius 2 is 1.88 bits per heavy atom. The summed E-state index contributed by atoms with van der Waals surface area (Å²) in [5.74, 6) is 0. The fourth-order valence-electron chi connectivity index (χ4n) is 1.71. The van der Waals surface area contributed by atoms with Gasteiger partial charge in [0.25, 0.3) is 5.52 Å². The molecule has 3 rings (SSSR count). The van der Waals surface area contributed by atoms with Crippen LogP contribution in [0.1, 0.15) is 0 Å². The highest BCUT2D eigenvalue weighted by atomic mass is 79.9. The van der Waals surface area contributed by atoms with E-state index in [1.807, 2.05) is 42.5 Å². The average Bonchev–Trinajstić information content (AvgIpc) is 2.67. The molecule has 1 aromatic heterocycles. The predicted octanol–water partition coefficient (Wildman–Crippen LogP) is 2.42. The van der Waals surface area contributed by atoms with Crippen LogP contribution in [0.4, 0.5) is 0 Å². The molecule has 0 fully saturated rings. The zero-order valence-electron chi connectivity index (χ0n) is 8.75. The van der Waals surface area contributed by atoms with Crippen LogP contribution in [0.3, 0.4) is 0 Å². The number of rotatable bonds is 1. The van der Waals surface area contributed by atoms with Gasteiger partial charge in [0, 0.05) is 10.5 Å². The first-order valence-corrected chi connectivity index (χ1v) is 5.88. The molecule has 84 valence electrons. The fourth-order valence-corrected chi connectivity index (χ4v) is 2.06. The number of benzene rings is 2. The van der Waals surface area contributed by atoms with Gasteiger partial charge in [-0.15, -0.1) is 4.85 Å². The Hall–Kier alpha value is -1.88. The summed E-state index contributed by atoms with van der Waals surface area (Å²) in [5, 5.41) is 16.3. The molecule has 0 aliphatic heterocycles. The van der Waals surface area contributed by atoms with Crippen LogP contribution in [0.25, 0.3) is 16.7 Å². The first-order chi connectivity index (χ1) is 8.25. The van der Waals surface area contributed by atoms with Crippen molar-refractivity contribution in [3.05, 3.63) is 58.2 Å². The zero-order chi connectivity index (χ0) is 11.8. The number of hydrogen-bond donors (Lipinski definition) is 0. The molecule has 0 saturated heterocycles. The molecular formula is C12H8BrN3O. The van der Waals surface area contributed by atoms with Crippen molar-refractivity contribution < 1.29 is 4.85 Å². The van der Waals surface area contributed by atoms with Gasteiger partial charge in [-0.1, -0.05) is 34.1 Å². The van der Waals surface area contributed by atoms with Gasteiger partial charge in [-0.25, -0.2) is 0 Å². The van der Waals surface area contributed by atoms with E-state index in [0.717, 1.165) is 15.0 Å². The largest absolute Gasteiger partial charge is 0.692 e. The maximum absolute atomic E-state index is 12.0. The van der Waals surface area contributed by atoms with E-state index in [-0.39, 0.29) is 0 Å². The van der Waals surface area contributed by atoms with Crippen molar-refractivity contribution in [1.82, 2.24) is 9.90 Å². The summed E-state index contributed by atoms with van der Waals surface area (Å²) in [4.78, 5) is 2.13. The number of para-hydroxylation sites is 1. The molecule has 2 aromatic carbocycles. The standard InChI is InChI=1S/C12H8BrN3O/c13-9-6-7-12-11(8-9)14-15(16(12)17)10-4-2-1-3-5-10/h1-8H. The van der Waals surface area contributed by atoms with Crippen molar-refractivity contribution in [1.29, 1.82) is 0 Å². The van der Waals surface area contributed by atoms with Gasteiger partial charge in [-0.05, 0) is 29.1 Å². The molecule has 0 aliphatic carbocycles. The van der Waals surface area contributed by atoms with Crippen LogP contribution in [0, 0.1) is 5.21 Å². The Bertz CT molecular complexity index is 679. The van der Waals surface area contributed by atoms with E-state index in [0.29, 0.717) is 11.0 Å². The zero-order valence-corrected chi connectivity index (χ0v) is 10.3. The van der Waals surface area contributed by atoms with Crippen molar-refractivity contribution in [3.63, 3.8) is 0 Å². The highest BCUT2D eigenvalue weighted by Crippen LogP contribution is 2.16. The molecule has 0 saturated carbocycles. The Kier molecular flexibility index (Phi) is 2.33. The Morgan fingerprint density at radius 1 is 1.12 bits per heavy atom. The van der Waals surface area contributed by atoms with Crippen LogP contribution in [-0.2, 0) is 0 Å². The molecule has 5 heteroatoms. The van der Waals surface area contributed by atoms with Crippen LogP contribution >= 0.6 is 15.9 Å². The number of aromatic nitrogens is 3. The van der Waals surface area contributed by atoms with Crippen molar-refractivity contribution >= 4 is 27.0 Å². The molecule has 4 nitrogen and oxygen atoms in total. The SMILES string of the molecule is [O-][n+]1c2ccc(Br)cc2nn1-c1ccccc1. The molecule has 0 atom stereocenters. The van der Waals surface area contributed by atoms with E-state index in [1.54, 1.807) is 6.07 Å². The lowest BCUT2D eigenvalue weighted by molar-refractivity contribution is -0.664. The lowest BCUT2D eigenvalue weighted by Crippen LogP contribution is -2.37. The van der Waals surface area contributed by atoms with Gasteiger partial charge in [0.2, 0.25) is 5.52 Å². The second-order valence-corrected chi connectivity index (χ2v) is 4.55. The van der Waals surface area contributed by atoms with E-state index >= 15 is 0 Å². The normalized spacial score (nSPS) is 10.9. The fraction of sp³-hybridized carbons (Fsp3) is 0. The first-order valence-electron chi connectivity index (χ1n) is 5.09. The van der Waals surface area contributed by atoms with Gasteiger partial charge in [0.1, 0.15) is 5.69 Å². The molecule has 3 aromatic rings. The molecule has 0 spiro atoms. The summed E-state index contributed by atoms with van der Waals surface area (Å²) in [7, 11) is 0. The summed E-state index contributed by atoms with van der Waals surface area (Å²) in [6.45, 7) is 0. The van der Waals surface area contributed by atoms with E-state index in [1.165, 1.54) is 4.80 Å². The summed E-state index contributed by atoms with van der Waals surface area (Å²) in [5.41, 5.74) is 1.96. The molecule has 0 N–H and O–H groups in total. The van der Waals surface area contributed by atoms with E-state index < -0.39 is 0 Å². The molecule has 0 bridgehead atoms. The van der Waals surface area contributed by atoms with Crippen LogP contribution in [0.15, 0.2) is 53.0 Å². The smallest absolute Gasteiger partial charge is 0.251 e. The lowest BCUT2D eigenvalue weighted by atomic mass is 10.3. The van der Waals surface area contributed by atoms with Crippen molar-refractivity contribution in [2.45, 2.75) is 0 Å². The maximum Gasteiger partial charge on any atom is 0.251 e. The van der Waals surface area contributed by atoms with E-state index in [4.69, 9.17) is 0 Å². The third kappa shape index (κ3) is 1.68. The second kappa shape index (κ2) is 3.85. The number of hydrogen-bond acceptors (Lipinski definition) is 2. The monoisotopic (exact) mass is 289 g/mol. The van der Waals surface area contributed by atoms with Crippen molar-refractivity contribution in [3.8, 4) is 5.69 Å². The van der Waals surface area contributed by atoms with Gasteiger partial charge in [-0.3, -0.25) is 0 Å². The highest BCUT2D eigenvalue weighted by molar-refractivity contribution is 9.10. The topological polar surface area (TPSA) is 44.8 Å². The van der Waals surface area contributed by atoms with Gasteiger partial charge >= 0.3 is 0 Å². The van der Waals surface area contributed by atoms with Crippen molar-refractivity contribution in [2.24, 2.45) is 0 Å². The second-order valence-electron chi connectivity index (χ2n) is 3.63. The highest BCUT2D eigenvalue weighted by Gasteiger charge is 2.15. The summed E-state index contributed by atoms with van der Waals surface area (Å²) < 4.78 is 0.906.